The molecule has 1 aromatic rings. The van der Waals surface area contributed by atoms with Gasteiger partial charge < -0.3 is 5.32 Å². The van der Waals surface area contributed by atoms with E-state index < -0.39 is 0 Å². The number of aromatic nitrogens is 2. The van der Waals surface area contributed by atoms with E-state index in [0.29, 0.717) is 5.92 Å². The summed E-state index contributed by atoms with van der Waals surface area (Å²) < 4.78 is 3.19. The number of aryl methyl sites for hydroxylation is 2. The second-order valence-electron chi connectivity index (χ2n) is 4.93. The van der Waals surface area contributed by atoms with Gasteiger partial charge in [-0.3, -0.25) is 4.68 Å². The summed E-state index contributed by atoms with van der Waals surface area (Å²) >= 11 is 9.48. The van der Waals surface area contributed by atoms with E-state index in [1.165, 1.54) is 18.5 Å². The molecule has 1 aromatic heterocycles. The van der Waals surface area contributed by atoms with Crippen molar-refractivity contribution >= 4 is 27.5 Å². The fraction of sp³-hybridized carbons (Fsp3) is 0.786. The molecule has 5 heteroatoms. The lowest BCUT2D eigenvalue weighted by molar-refractivity contribution is 0.425. The Hall–Kier alpha value is -0.0600. The van der Waals surface area contributed by atoms with Crippen molar-refractivity contribution in [1.29, 1.82) is 0 Å². The molecule has 0 saturated heterocycles. The van der Waals surface area contributed by atoms with Crippen molar-refractivity contribution in [3.63, 3.8) is 0 Å². The van der Waals surface area contributed by atoms with Crippen LogP contribution in [0.25, 0.3) is 0 Å². The topological polar surface area (TPSA) is 29.9 Å². The average molecular weight is 351 g/mol. The number of nitrogens with zero attached hydrogens (tertiary/aromatic N) is 2. The van der Waals surface area contributed by atoms with Gasteiger partial charge in [0.25, 0.3) is 0 Å². The summed E-state index contributed by atoms with van der Waals surface area (Å²) in [6.07, 6.45) is 3.56. The van der Waals surface area contributed by atoms with Crippen LogP contribution >= 0.6 is 27.5 Å². The second-order valence-corrected chi connectivity index (χ2v) is 6.10. The molecule has 0 fully saturated rings. The minimum absolute atomic E-state index is 0.681. The fourth-order valence-electron chi connectivity index (χ4n) is 2.34. The first-order chi connectivity index (χ1) is 9.13. The predicted molar refractivity (Wildman–Crippen MR) is 85.8 cm³/mol. The van der Waals surface area contributed by atoms with Crippen LogP contribution in [0, 0.1) is 12.8 Å². The molecule has 0 saturated carbocycles. The monoisotopic (exact) mass is 349 g/mol. The van der Waals surface area contributed by atoms with Crippen LogP contribution in [0.2, 0.25) is 0 Å². The Balaban J connectivity index is 2.52. The van der Waals surface area contributed by atoms with Gasteiger partial charge in [-0.25, -0.2) is 0 Å². The number of hydrogen-bond donors (Lipinski definition) is 1. The van der Waals surface area contributed by atoms with Crippen molar-refractivity contribution in [3.05, 3.63) is 15.9 Å². The van der Waals surface area contributed by atoms with E-state index >= 15 is 0 Å². The molecule has 0 amide bonds. The van der Waals surface area contributed by atoms with E-state index in [2.05, 4.69) is 44.9 Å². The lowest BCUT2D eigenvalue weighted by Gasteiger charge is -2.16. The van der Waals surface area contributed by atoms with Crippen LogP contribution in [-0.4, -0.2) is 22.2 Å². The molecule has 0 aromatic carbocycles. The van der Waals surface area contributed by atoms with E-state index in [0.717, 1.165) is 42.1 Å². The maximum Gasteiger partial charge on any atom is 0.0739 e. The van der Waals surface area contributed by atoms with Gasteiger partial charge in [0.05, 0.1) is 15.9 Å². The fourth-order valence-corrected chi connectivity index (χ4v) is 3.08. The van der Waals surface area contributed by atoms with Crippen molar-refractivity contribution in [3.8, 4) is 0 Å². The van der Waals surface area contributed by atoms with Crippen LogP contribution in [0.1, 0.15) is 44.5 Å². The molecule has 0 aliphatic heterocycles. The smallest absolute Gasteiger partial charge is 0.0739 e. The Bertz CT molecular complexity index is 373. The third-order valence-corrected chi connectivity index (χ3v) is 4.64. The van der Waals surface area contributed by atoms with Crippen LogP contribution in [-0.2, 0) is 13.1 Å². The molecule has 0 bridgehead atoms. The lowest BCUT2D eigenvalue weighted by atomic mass is 10.0. The van der Waals surface area contributed by atoms with E-state index in [1.54, 1.807) is 0 Å². The minimum Gasteiger partial charge on any atom is -0.311 e. The Labute approximate surface area is 130 Å². The Morgan fingerprint density at radius 2 is 2.11 bits per heavy atom. The van der Waals surface area contributed by atoms with E-state index in [-0.39, 0.29) is 0 Å². The van der Waals surface area contributed by atoms with E-state index in [1.807, 2.05) is 6.92 Å². The quantitative estimate of drug-likeness (QED) is 0.679. The van der Waals surface area contributed by atoms with E-state index in [9.17, 15) is 0 Å². The van der Waals surface area contributed by atoms with E-state index in [4.69, 9.17) is 11.6 Å². The first-order valence-corrected chi connectivity index (χ1v) is 8.45. The number of nitrogens with one attached hydrogen (secondary N) is 1. The minimum atomic E-state index is 0.681. The van der Waals surface area contributed by atoms with Gasteiger partial charge in [-0.2, -0.15) is 5.10 Å². The highest BCUT2D eigenvalue weighted by Crippen LogP contribution is 2.21. The number of alkyl halides is 1. The third kappa shape index (κ3) is 5.09. The highest BCUT2D eigenvalue weighted by atomic mass is 79.9. The molecule has 0 spiro atoms. The summed E-state index contributed by atoms with van der Waals surface area (Å²) in [7, 11) is 0. The van der Waals surface area contributed by atoms with Crippen molar-refractivity contribution in [2.75, 3.05) is 12.4 Å². The molecule has 3 nitrogen and oxygen atoms in total. The maximum atomic E-state index is 5.85. The Kier molecular flexibility index (Phi) is 8.03. The van der Waals surface area contributed by atoms with Crippen molar-refractivity contribution < 1.29 is 0 Å². The number of rotatable bonds is 9. The van der Waals surface area contributed by atoms with Crippen LogP contribution in [0.5, 0.6) is 0 Å². The van der Waals surface area contributed by atoms with Gasteiger partial charge in [0.2, 0.25) is 0 Å². The van der Waals surface area contributed by atoms with Gasteiger partial charge in [-0.15, -0.1) is 11.6 Å². The highest BCUT2D eigenvalue weighted by Gasteiger charge is 2.12. The van der Waals surface area contributed by atoms with Crippen molar-refractivity contribution in [1.82, 2.24) is 15.1 Å². The van der Waals surface area contributed by atoms with Crippen LogP contribution in [0.3, 0.4) is 0 Å². The summed E-state index contributed by atoms with van der Waals surface area (Å²) in [5, 5.41) is 8.06. The molecule has 110 valence electrons. The predicted octanol–water partition coefficient (Wildman–Crippen LogP) is 4.11. The highest BCUT2D eigenvalue weighted by molar-refractivity contribution is 9.10. The Morgan fingerprint density at radius 3 is 2.68 bits per heavy atom. The molecule has 19 heavy (non-hydrogen) atoms. The molecule has 1 rings (SSSR count). The molecule has 0 radical (unpaired) electrons. The molecular weight excluding hydrogens is 326 g/mol. The SMILES string of the molecule is CCCC(CCCl)CNCc1c(Br)c(C)nn1CC. The van der Waals surface area contributed by atoms with Gasteiger partial charge in [0.15, 0.2) is 0 Å². The zero-order valence-electron chi connectivity index (χ0n) is 12.2. The molecule has 0 aliphatic rings. The van der Waals surface area contributed by atoms with Gasteiger partial charge in [-0.1, -0.05) is 13.3 Å². The summed E-state index contributed by atoms with van der Waals surface area (Å²) in [5.41, 5.74) is 2.30. The summed E-state index contributed by atoms with van der Waals surface area (Å²) in [6, 6.07) is 0. The third-order valence-electron chi connectivity index (χ3n) is 3.39. The van der Waals surface area contributed by atoms with Crippen LogP contribution in [0.15, 0.2) is 4.47 Å². The molecule has 1 heterocycles. The summed E-state index contributed by atoms with van der Waals surface area (Å²) in [4.78, 5) is 0. The Morgan fingerprint density at radius 1 is 1.37 bits per heavy atom. The molecule has 0 aliphatic carbocycles. The maximum absolute atomic E-state index is 5.85. The number of hydrogen-bond acceptors (Lipinski definition) is 2. The van der Waals surface area contributed by atoms with Crippen LogP contribution in [0.4, 0.5) is 0 Å². The second kappa shape index (κ2) is 8.98. The first-order valence-electron chi connectivity index (χ1n) is 7.12. The summed E-state index contributed by atoms with van der Waals surface area (Å²) in [6.45, 7) is 9.18. The number of halogens is 2. The van der Waals surface area contributed by atoms with Gasteiger partial charge in [0.1, 0.15) is 0 Å². The largest absolute Gasteiger partial charge is 0.311 e. The molecule has 1 N–H and O–H groups in total. The zero-order valence-corrected chi connectivity index (χ0v) is 14.5. The lowest BCUT2D eigenvalue weighted by Crippen LogP contribution is -2.24. The van der Waals surface area contributed by atoms with Gasteiger partial charge in [0, 0.05) is 19.0 Å². The van der Waals surface area contributed by atoms with Gasteiger partial charge >= 0.3 is 0 Å². The normalized spacial score (nSPS) is 12.9. The standard InChI is InChI=1S/C14H25BrClN3/c1-4-6-12(7-8-16)9-17-10-13-14(15)11(3)18-19(13)5-2/h12,17H,4-10H2,1-3H3. The molecule has 1 unspecified atom stereocenters. The molecule has 1 atom stereocenters. The van der Waals surface area contributed by atoms with Gasteiger partial charge in [-0.05, 0) is 55.1 Å². The average Bonchev–Trinajstić information content (AvgIpc) is 2.66. The van der Waals surface area contributed by atoms with Crippen molar-refractivity contribution in [2.45, 2.75) is 53.1 Å². The zero-order chi connectivity index (χ0) is 14.3. The van der Waals surface area contributed by atoms with Crippen molar-refractivity contribution in [2.24, 2.45) is 5.92 Å². The van der Waals surface area contributed by atoms with Crippen LogP contribution < -0.4 is 5.32 Å². The summed E-state index contributed by atoms with van der Waals surface area (Å²) in [5.74, 6) is 1.43. The molecular formula is C14H25BrClN3. The first kappa shape index (κ1) is 17.0.